The number of benzene rings is 1. The molecule has 0 aliphatic carbocycles. The van der Waals surface area contributed by atoms with Crippen LogP contribution in [0, 0.1) is 5.92 Å². The number of imide groups is 1. The van der Waals surface area contributed by atoms with Crippen molar-refractivity contribution in [2.45, 2.75) is 13.8 Å². The fourth-order valence-electron chi connectivity index (χ4n) is 2.20. The normalized spacial score (nSPS) is 14.2. The van der Waals surface area contributed by atoms with E-state index in [2.05, 4.69) is 10.6 Å². The molecule has 0 aromatic heterocycles. The van der Waals surface area contributed by atoms with Crippen molar-refractivity contribution in [3.63, 3.8) is 0 Å². The number of rotatable bonds is 7. The summed E-state index contributed by atoms with van der Waals surface area (Å²) in [5, 5.41) is 14.6. The van der Waals surface area contributed by atoms with E-state index >= 15 is 0 Å². The lowest BCUT2D eigenvalue weighted by molar-refractivity contribution is -0.137. The van der Waals surface area contributed by atoms with Crippen molar-refractivity contribution in [1.29, 1.82) is 0 Å². The van der Waals surface area contributed by atoms with Gasteiger partial charge in [-0.15, -0.1) is 0 Å². The van der Waals surface area contributed by atoms with E-state index in [0.29, 0.717) is 23.7 Å². The Morgan fingerprint density at radius 2 is 2.04 bits per heavy atom. The number of anilines is 1. The van der Waals surface area contributed by atoms with Crippen LogP contribution in [-0.2, 0) is 9.59 Å². The summed E-state index contributed by atoms with van der Waals surface area (Å²) < 4.78 is 0. The largest absolute Gasteiger partial charge is 0.395 e. The molecule has 2 rings (SSSR count). The van der Waals surface area contributed by atoms with Gasteiger partial charge < -0.3 is 15.7 Å². The highest BCUT2D eigenvalue weighted by molar-refractivity contribution is 6.17. The zero-order chi connectivity index (χ0) is 17.7. The molecule has 1 aromatic carbocycles. The van der Waals surface area contributed by atoms with Crippen LogP contribution in [0.25, 0.3) is 0 Å². The van der Waals surface area contributed by atoms with E-state index in [-0.39, 0.29) is 24.8 Å². The topological polar surface area (TPSA) is 98.7 Å². The zero-order valence-corrected chi connectivity index (χ0v) is 13.7. The van der Waals surface area contributed by atoms with Gasteiger partial charge in [0.15, 0.2) is 0 Å². The second-order valence-electron chi connectivity index (χ2n) is 5.89. The average molecular weight is 331 g/mol. The van der Waals surface area contributed by atoms with Gasteiger partial charge in [-0.1, -0.05) is 19.9 Å². The van der Waals surface area contributed by atoms with E-state index in [1.807, 2.05) is 13.8 Å². The summed E-state index contributed by atoms with van der Waals surface area (Å²) in [6.45, 7) is 4.25. The highest BCUT2D eigenvalue weighted by atomic mass is 16.3. The third-order valence-corrected chi connectivity index (χ3v) is 3.41. The number of aliphatic hydroxyl groups is 1. The van der Waals surface area contributed by atoms with E-state index in [1.165, 1.54) is 6.08 Å². The monoisotopic (exact) mass is 331 g/mol. The van der Waals surface area contributed by atoms with Crippen LogP contribution in [-0.4, -0.2) is 47.4 Å². The Balaban J connectivity index is 2.07. The second kappa shape index (κ2) is 7.74. The maximum absolute atomic E-state index is 12.1. The Labute approximate surface area is 140 Å². The van der Waals surface area contributed by atoms with E-state index in [1.54, 1.807) is 24.3 Å². The Bertz CT molecular complexity index is 682. The van der Waals surface area contributed by atoms with Gasteiger partial charge in [0.25, 0.3) is 17.7 Å². The molecule has 1 aliphatic heterocycles. The van der Waals surface area contributed by atoms with Crippen molar-refractivity contribution in [3.8, 4) is 0 Å². The molecule has 0 spiro atoms. The SMILES string of the molecule is CC(C)CNC(=O)c1cccc(NC2=CC(=O)N(CCO)C2=O)c1. The number of hydrogen-bond acceptors (Lipinski definition) is 5. The highest BCUT2D eigenvalue weighted by Gasteiger charge is 2.30. The van der Waals surface area contributed by atoms with Crippen LogP contribution in [0.2, 0.25) is 0 Å². The summed E-state index contributed by atoms with van der Waals surface area (Å²) in [6.07, 6.45) is 1.18. The number of aliphatic hydroxyl groups excluding tert-OH is 1. The molecule has 1 aliphatic rings. The van der Waals surface area contributed by atoms with Gasteiger partial charge >= 0.3 is 0 Å². The van der Waals surface area contributed by atoms with Crippen molar-refractivity contribution in [1.82, 2.24) is 10.2 Å². The van der Waals surface area contributed by atoms with Crippen molar-refractivity contribution in [3.05, 3.63) is 41.6 Å². The third-order valence-electron chi connectivity index (χ3n) is 3.41. The van der Waals surface area contributed by atoms with Crippen molar-refractivity contribution >= 4 is 23.4 Å². The molecule has 0 unspecified atom stereocenters. The van der Waals surface area contributed by atoms with Crippen LogP contribution in [0.5, 0.6) is 0 Å². The molecule has 1 heterocycles. The van der Waals surface area contributed by atoms with Gasteiger partial charge in [-0.05, 0) is 24.1 Å². The van der Waals surface area contributed by atoms with Gasteiger partial charge in [0.1, 0.15) is 5.70 Å². The minimum absolute atomic E-state index is 0.0446. The first-order valence-corrected chi connectivity index (χ1v) is 7.76. The van der Waals surface area contributed by atoms with Crippen LogP contribution in [0.3, 0.4) is 0 Å². The minimum atomic E-state index is -0.497. The molecular weight excluding hydrogens is 310 g/mol. The van der Waals surface area contributed by atoms with Gasteiger partial charge in [-0.2, -0.15) is 0 Å². The molecular formula is C17H21N3O4. The van der Waals surface area contributed by atoms with Crippen molar-refractivity contribution < 1.29 is 19.5 Å². The minimum Gasteiger partial charge on any atom is -0.395 e. The Kier molecular flexibility index (Phi) is 5.70. The van der Waals surface area contributed by atoms with E-state index in [9.17, 15) is 14.4 Å². The molecule has 0 fully saturated rings. The van der Waals surface area contributed by atoms with Crippen LogP contribution < -0.4 is 10.6 Å². The lowest BCUT2D eigenvalue weighted by Gasteiger charge is -2.14. The number of carbonyl (C=O) groups excluding carboxylic acids is 3. The van der Waals surface area contributed by atoms with Crippen LogP contribution >= 0.6 is 0 Å². The van der Waals surface area contributed by atoms with E-state index < -0.39 is 11.8 Å². The molecule has 0 radical (unpaired) electrons. The van der Waals surface area contributed by atoms with E-state index in [0.717, 1.165) is 4.90 Å². The molecule has 0 saturated carbocycles. The fourth-order valence-corrected chi connectivity index (χ4v) is 2.20. The molecule has 3 N–H and O–H groups in total. The average Bonchev–Trinajstić information content (AvgIpc) is 2.80. The Morgan fingerprint density at radius 1 is 1.29 bits per heavy atom. The fraction of sp³-hybridized carbons (Fsp3) is 0.353. The predicted octanol–water partition coefficient (Wildman–Crippen LogP) is 0.729. The van der Waals surface area contributed by atoms with E-state index in [4.69, 9.17) is 5.11 Å². The molecule has 3 amide bonds. The van der Waals surface area contributed by atoms with Gasteiger partial charge in [0, 0.05) is 23.9 Å². The highest BCUT2D eigenvalue weighted by Crippen LogP contribution is 2.18. The maximum Gasteiger partial charge on any atom is 0.277 e. The molecule has 0 bridgehead atoms. The molecule has 0 atom stereocenters. The lowest BCUT2D eigenvalue weighted by Crippen LogP contribution is -2.34. The summed E-state index contributed by atoms with van der Waals surface area (Å²) in [5.41, 5.74) is 1.11. The van der Waals surface area contributed by atoms with Gasteiger partial charge in [-0.3, -0.25) is 19.3 Å². The van der Waals surface area contributed by atoms with Gasteiger partial charge in [0.2, 0.25) is 0 Å². The smallest absolute Gasteiger partial charge is 0.277 e. The standard InChI is InChI=1S/C17H21N3O4/c1-11(2)10-18-16(23)12-4-3-5-13(8-12)19-14-9-15(22)20(6-7-21)17(14)24/h3-5,8-9,11,19,21H,6-7,10H2,1-2H3,(H,18,23). The van der Waals surface area contributed by atoms with Crippen LogP contribution in [0.1, 0.15) is 24.2 Å². The summed E-state index contributed by atoms with van der Waals surface area (Å²) >= 11 is 0. The quantitative estimate of drug-likeness (QED) is 0.640. The first-order valence-electron chi connectivity index (χ1n) is 7.76. The summed E-state index contributed by atoms with van der Waals surface area (Å²) in [6, 6.07) is 6.68. The molecule has 0 saturated heterocycles. The molecule has 7 heteroatoms. The first kappa shape index (κ1) is 17.7. The number of nitrogens with one attached hydrogen (secondary N) is 2. The third kappa shape index (κ3) is 4.20. The summed E-state index contributed by atoms with van der Waals surface area (Å²) in [7, 11) is 0. The van der Waals surface area contributed by atoms with Gasteiger partial charge in [0.05, 0.1) is 13.2 Å². The summed E-state index contributed by atoms with van der Waals surface area (Å²) in [4.78, 5) is 36.8. The molecule has 24 heavy (non-hydrogen) atoms. The molecule has 128 valence electrons. The van der Waals surface area contributed by atoms with Crippen molar-refractivity contribution in [2.75, 3.05) is 25.0 Å². The maximum atomic E-state index is 12.1. The number of carbonyl (C=O) groups is 3. The number of amides is 3. The Hall–Kier alpha value is -2.67. The zero-order valence-electron chi connectivity index (χ0n) is 13.7. The Morgan fingerprint density at radius 3 is 2.71 bits per heavy atom. The lowest BCUT2D eigenvalue weighted by atomic mass is 10.1. The van der Waals surface area contributed by atoms with Crippen LogP contribution in [0.4, 0.5) is 5.69 Å². The predicted molar refractivity (Wildman–Crippen MR) is 89.1 cm³/mol. The number of β-amino-alcohol motifs (C(OH)–C–C–N with tert-alkyl or cyclic N) is 1. The first-order chi connectivity index (χ1) is 11.4. The number of hydrogen-bond donors (Lipinski definition) is 3. The van der Waals surface area contributed by atoms with Gasteiger partial charge in [-0.25, -0.2) is 0 Å². The van der Waals surface area contributed by atoms with Crippen molar-refractivity contribution in [2.24, 2.45) is 5.92 Å². The second-order valence-corrected chi connectivity index (χ2v) is 5.89. The molecule has 7 nitrogen and oxygen atoms in total. The number of nitrogens with zero attached hydrogens (tertiary/aromatic N) is 1. The van der Waals surface area contributed by atoms with Crippen LogP contribution in [0.15, 0.2) is 36.0 Å². The summed E-state index contributed by atoms with van der Waals surface area (Å²) in [5.74, 6) is -0.816. The molecule has 1 aromatic rings.